The van der Waals surface area contributed by atoms with E-state index in [9.17, 15) is 4.79 Å². The molecule has 6 heteroatoms. The fourth-order valence-corrected chi connectivity index (χ4v) is 6.24. The number of aromatic amines is 1. The zero-order valence-electron chi connectivity index (χ0n) is 15.2. The number of hydrogen-bond acceptors (Lipinski definition) is 4. The number of aromatic nitrogens is 2. The van der Waals surface area contributed by atoms with Gasteiger partial charge in [-0.25, -0.2) is 9.98 Å². The molecule has 1 amide bonds. The summed E-state index contributed by atoms with van der Waals surface area (Å²) in [6.45, 7) is 0. The minimum absolute atomic E-state index is 0.135. The van der Waals surface area contributed by atoms with E-state index < -0.39 is 0 Å². The molecule has 6 nitrogen and oxygen atoms in total. The first-order valence-corrected chi connectivity index (χ1v) is 9.97. The molecule has 0 saturated heterocycles. The second-order valence-electron chi connectivity index (χ2n) is 8.95. The zero-order chi connectivity index (χ0) is 18.0. The summed E-state index contributed by atoms with van der Waals surface area (Å²) < 4.78 is 0. The SMILES string of the molecule is O=C1NC(NC23CC4CC(CC(C4)C2)C3)=N/C1=C\c1ccc2[nH]cnc2c1. The second kappa shape index (κ2) is 5.44. The maximum atomic E-state index is 12.4. The van der Waals surface area contributed by atoms with Gasteiger partial charge in [0.05, 0.1) is 17.4 Å². The molecule has 4 bridgehead atoms. The Morgan fingerprint density at radius 2 is 1.85 bits per heavy atom. The van der Waals surface area contributed by atoms with Crippen LogP contribution in [0.15, 0.2) is 35.2 Å². The molecule has 3 N–H and O–H groups in total. The summed E-state index contributed by atoms with van der Waals surface area (Å²) in [5, 5.41) is 6.60. The lowest BCUT2D eigenvalue weighted by molar-refractivity contribution is -0.115. The van der Waals surface area contributed by atoms with Gasteiger partial charge in [-0.3, -0.25) is 10.1 Å². The van der Waals surface area contributed by atoms with Gasteiger partial charge in [-0.1, -0.05) is 6.07 Å². The molecule has 0 spiro atoms. The first kappa shape index (κ1) is 15.4. The quantitative estimate of drug-likeness (QED) is 0.719. The molecule has 2 heterocycles. The van der Waals surface area contributed by atoms with E-state index in [4.69, 9.17) is 0 Å². The van der Waals surface area contributed by atoms with Crippen molar-refractivity contribution >= 4 is 29.0 Å². The van der Waals surface area contributed by atoms with Crippen LogP contribution >= 0.6 is 0 Å². The third-order valence-electron chi connectivity index (χ3n) is 6.87. The molecule has 5 aliphatic rings. The van der Waals surface area contributed by atoms with E-state index in [0.29, 0.717) is 11.7 Å². The molecule has 4 fully saturated rings. The van der Waals surface area contributed by atoms with E-state index in [-0.39, 0.29) is 11.4 Å². The van der Waals surface area contributed by atoms with Gasteiger partial charge < -0.3 is 10.3 Å². The van der Waals surface area contributed by atoms with Crippen molar-refractivity contribution in [3.8, 4) is 0 Å². The van der Waals surface area contributed by atoms with Gasteiger partial charge in [0, 0.05) is 5.54 Å². The highest BCUT2D eigenvalue weighted by Crippen LogP contribution is 2.55. The van der Waals surface area contributed by atoms with Crippen molar-refractivity contribution in [3.63, 3.8) is 0 Å². The van der Waals surface area contributed by atoms with E-state index in [1.807, 2.05) is 24.3 Å². The van der Waals surface area contributed by atoms with E-state index in [0.717, 1.165) is 34.4 Å². The van der Waals surface area contributed by atoms with Crippen molar-refractivity contribution in [1.29, 1.82) is 0 Å². The molecule has 4 aliphatic carbocycles. The number of hydrogen-bond donors (Lipinski definition) is 3. The lowest BCUT2D eigenvalue weighted by Gasteiger charge is -2.57. The van der Waals surface area contributed by atoms with Gasteiger partial charge in [-0.2, -0.15) is 0 Å². The molecular weight excluding hydrogens is 338 g/mol. The summed E-state index contributed by atoms with van der Waals surface area (Å²) in [6.07, 6.45) is 11.4. The van der Waals surface area contributed by atoms with Gasteiger partial charge >= 0.3 is 0 Å². The second-order valence-corrected chi connectivity index (χ2v) is 8.95. The number of fused-ring (bicyclic) bond motifs is 1. The van der Waals surface area contributed by atoms with Crippen LogP contribution in [0.3, 0.4) is 0 Å². The summed E-state index contributed by atoms with van der Waals surface area (Å²) in [4.78, 5) is 24.4. The van der Waals surface area contributed by atoms with Crippen LogP contribution in [0.2, 0.25) is 0 Å². The van der Waals surface area contributed by atoms with Crippen molar-refractivity contribution in [2.24, 2.45) is 22.7 Å². The number of nitrogens with zero attached hydrogens (tertiary/aromatic N) is 2. The van der Waals surface area contributed by atoms with Crippen molar-refractivity contribution in [1.82, 2.24) is 20.6 Å². The Kier molecular flexibility index (Phi) is 3.11. The van der Waals surface area contributed by atoms with E-state index >= 15 is 0 Å². The number of guanidine groups is 1. The van der Waals surface area contributed by atoms with E-state index in [1.165, 1.54) is 38.5 Å². The summed E-state index contributed by atoms with van der Waals surface area (Å²) in [7, 11) is 0. The number of rotatable bonds is 2. The molecule has 27 heavy (non-hydrogen) atoms. The van der Waals surface area contributed by atoms with Crippen molar-refractivity contribution in [2.45, 2.75) is 44.1 Å². The molecule has 0 radical (unpaired) electrons. The van der Waals surface area contributed by atoms with Crippen molar-refractivity contribution < 1.29 is 4.79 Å². The molecule has 0 atom stereocenters. The highest BCUT2D eigenvalue weighted by atomic mass is 16.2. The highest BCUT2D eigenvalue weighted by Gasteiger charge is 2.51. The Bertz CT molecular complexity index is 966. The number of benzene rings is 1. The summed E-state index contributed by atoms with van der Waals surface area (Å²) in [6, 6.07) is 5.91. The first-order valence-electron chi connectivity index (χ1n) is 9.97. The van der Waals surface area contributed by atoms with Gasteiger partial charge in [0.1, 0.15) is 5.70 Å². The molecule has 1 aromatic heterocycles. The van der Waals surface area contributed by atoms with Crippen LogP contribution < -0.4 is 10.6 Å². The van der Waals surface area contributed by atoms with Crippen LogP contribution in [0.1, 0.15) is 44.1 Å². The van der Waals surface area contributed by atoms with Gasteiger partial charge in [-0.05, 0) is 80.1 Å². The van der Waals surface area contributed by atoms with E-state index in [1.54, 1.807) is 6.33 Å². The fraction of sp³-hybridized carbons (Fsp3) is 0.476. The maximum Gasteiger partial charge on any atom is 0.276 e. The van der Waals surface area contributed by atoms with Crippen LogP contribution in [0.25, 0.3) is 17.1 Å². The summed E-state index contributed by atoms with van der Waals surface area (Å²) >= 11 is 0. The number of imidazole rings is 1. The minimum atomic E-state index is -0.135. The molecule has 1 aromatic carbocycles. The number of carbonyl (C=O) groups is 1. The number of aliphatic imine (C=N–C) groups is 1. The Morgan fingerprint density at radius 1 is 1.11 bits per heavy atom. The third-order valence-corrected chi connectivity index (χ3v) is 6.87. The number of nitrogens with one attached hydrogen (secondary N) is 3. The Labute approximate surface area is 157 Å². The molecule has 2 aromatic rings. The zero-order valence-corrected chi connectivity index (χ0v) is 15.2. The average molecular weight is 361 g/mol. The van der Waals surface area contributed by atoms with Gasteiger partial charge in [0.15, 0.2) is 0 Å². The van der Waals surface area contributed by atoms with Gasteiger partial charge in [0.2, 0.25) is 5.96 Å². The molecule has 138 valence electrons. The number of H-pyrrole nitrogens is 1. The van der Waals surface area contributed by atoms with E-state index in [2.05, 4.69) is 25.6 Å². The molecule has 4 saturated carbocycles. The Hall–Kier alpha value is -2.63. The monoisotopic (exact) mass is 361 g/mol. The Balaban J connectivity index is 1.26. The average Bonchev–Trinajstić information content (AvgIpc) is 3.19. The van der Waals surface area contributed by atoms with Crippen LogP contribution in [0.4, 0.5) is 0 Å². The predicted molar refractivity (Wildman–Crippen MR) is 104 cm³/mol. The van der Waals surface area contributed by atoms with Crippen LogP contribution in [0, 0.1) is 17.8 Å². The first-order chi connectivity index (χ1) is 13.1. The van der Waals surface area contributed by atoms with Crippen molar-refractivity contribution in [3.05, 3.63) is 35.8 Å². The number of carbonyl (C=O) groups excluding carboxylic acids is 1. The molecular formula is C21H23N5O. The van der Waals surface area contributed by atoms with Crippen molar-refractivity contribution in [2.75, 3.05) is 0 Å². The molecule has 0 unspecified atom stereocenters. The normalized spacial score (nSPS) is 35.7. The van der Waals surface area contributed by atoms with Crippen LogP contribution in [0.5, 0.6) is 0 Å². The standard InChI is InChI=1S/C21H23N5O/c27-19-18(7-12-1-2-16-17(6-12)23-11-22-16)24-20(25-19)26-21-8-13-3-14(9-21)5-15(4-13)10-21/h1-2,6-7,11,13-15H,3-5,8-10H2,(H,22,23)(H2,24,25,26,27)/b18-7-. The highest BCUT2D eigenvalue weighted by molar-refractivity contribution is 6.14. The molecule has 7 rings (SSSR count). The Morgan fingerprint density at radius 3 is 2.59 bits per heavy atom. The largest absolute Gasteiger partial charge is 0.350 e. The third kappa shape index (κ3) is 2.58. The minimum Gasteiger partial charge on any atom is -0.350 e. The summed E-state index contributed by atoms with van der Waals surface area (Å²) in [5.74, 6) is 3.07. The maximum absolute atomic E-state index is 12.4. The van der Waals surface area contributed by atoms with Crippen LogP contribution in [-0.2, 0) is 4.79 Å². The fourth-order valence-electron chi connectivity index (χ4n) is 6.24. The lowest BCUT2D eigenvalue weighted by Crippen LogP contribution is -2.61. The number of amides is 1. The lowest BCUT2D eigenvalue weighted by atomic mass is 9.53. The van der Waals surface area contributed by atoms with Crippen LogP contribution in [-0.4, -0.2) is 27.4 Å². The van der Waals surface area contributed by atoms with Gasteiger partial charge in [0.25, 0.3) is 5.91 Å². The predicted octanol–water partition coefficient (Wildman–Crippen LogP) is 2.95. The summed E-state index contributed by atoms with van der Waals surface area (Å²) in [5.41, 5.74) is 3.40. The smallest absolute Gasteiger partial charge is 0.276 e. The van der Waals surface area contributed by atoms with Gasteiger partial charge in [-0.15, -0.1) is 0 Å². The topological polar surface area (TPSA) is 82.2 Å². The molecule has 1 aliphatic heterocycles.